The lowest BCUT2D eigenvalue weighted by Gasteiger charge is -2.29. The number of urea groups is 1. The maximum Gasteiger partial charge on any atom is 0.337 e. The number of likely N-dealkylation sites (tertiary alicyclic amines) is 1. The van der Waals surface area contributed by atoms with E-state index in [0.29, 0.717) is 43.7 Å². The molecule has 0 aromatic heterocycles. The van der Waals surface area contributed by atoms with Crippen molar-refractivity contribution in [2.24, 2.45) is 0 Å². The molecular weight excluding hydrogens is 322 g/mol. The van der Waals surface area contributed by atoms with E-state index in [2.05, 4.69) is 10.1 Å². The van der Waals surface area contributed by atoms with E-state index in [1.54, 1.807) is 29.2 Å². The van der Waals surface area contributed by atoms with Crippen LogP contribution < -0.4 is 5.32 Å². The van der Waals surface area contributed by atoms with Crippen molar-refractivity contribution in [1.82, 2.24) is 9.80 Å². The smallest absolute Gasteiger partial charge is 0.337 e. The quantitative estimate of drug-likeness (QED) is 0.810. The van der Waals surface area contributed by atoms with Crippen LogP contribution in [0.2, 0.25) is 0 Å². The number of carbonyl (C=O) groups is 2. The van der Waals surface area contributed by atoms with Gasteiger partial charge in [0.15, 0.2) is 0 Å². The van der Waals surface area contributed by atoms with Crippen LogP contribution in [0.25, 0.3) is 0 Å². The zero-order chi connectivity index (χ0) is 18.4. The zero-order valence-electron chi connectivity index (χ0n) is 15.1. The summed E-state index contributed by atoms with van der Waals surface area (Å²) >= 11 is 0. The monoisotopic (exact) mass is 349 g/mol. The molecule has 1 aromatic carbocycles. The Bertz CT molecular complexity index is 603. The van der Waals surface area contributed by atoms with Gasteiger partial charge in [0, 0.05) is 25.3 Å². The second-order valence-electron chi connectivity index (χ2n) is 6.80. The molecule has 2 N–H and O–H groups in total. The molecular formula is C18H27N3O4. The molecule has 1 saturated heterocycles. The van der Waals surface area contributed by atoms with E-state index in [-0.39, 0.29) is 6.03 Å². The minimum Gasteiger partial charge on any atom is -0.465 e. The van der Waals surface area contributed by atoms with E-state index in [1.807, 2.05) is 19.0 Å². The van der Waals surface area contributed by atoms with Crippen molar-refractivity contribution in [2.45, 2.75) is 24.9 Å². The molecule has 1 unspecified atom stereocenters. The van der Waals surface area contributed by atoms with E-state index < -0.39 is 11.6 Å². The third kappa shape index (κ3) is 5.44. The van der Waals surface area contributed by atoms with Crippen molar-refractivity contribution in [2.75, 3.05) is 46.2 Å². The van der Waals surface area contributed by atoms with E-state index in [1.165, 1.54) is 7.11 Å². The van der Waals surface area contributed by atoms with Crippen LogP contribution in [-0.4, -0.2) is 73.3 Å². The molecule has 1 aliphatic heterocycles. The number of esters is 1. The van der Waals surface area contributed by atoms with Crippen molar-refractivity contribution in [3.05, 3.63) is 29.8 Å². The third-order valence-corrected chi connectivity index (χ3v) is 4.37. The summed E-state index contributed by atoms with van der Waals surface area (Å²) in [5, 5.41) is 13.5. The number of likely N-dealkylation sites (N-methyl/N-ethyl adjacent to an activating group) is 1. The van der Waals surface area contributed by atoms with Crippen molar-refractivity contribution in [3.63, 3.8) is 0 Å². The van der Waals surface area contributed by atoms with Gasteiger partial charge < -0.3 is 25.0 Å². The zero-order valence-corrected chi connectivity index (χ0v) is 15.1. The standard InChI is InChI=1S/C18H27N3O4/c1-20(2)13-18(24)9-4-11-21(12-10-18)17(23)19-15-7-5-14(6-8-15)16(22)25-3/h5-8,24H,4,9-13H2,1-3H3,(H,19,23). The number of rotatable bonds is 4. The summed E-state index contributed by atoms with van der Waals surface area (Å²) < 4.78 is 4.65. The molecule has 2 rings (SSSR count). The number of amides is 2. The lowest BCUT2D eigenvalue weighted by Crippen LogP contribution is -2.42. The van der Waals surface area contributed by atoms with E-state index >= 15 is 0 Å². The van der Waals surface area contributed by atoms with Gasteiger partial charge in [0.1, 0.15) is 0 Å². The molecule has 2 amide bonds. The maximum atomic E-state index is 12.5. The first-order chi connectivity index (χ1) is 11.8. The topological polar surface area (TPSA) is 82.1 Å². The van der Waals surface area contributed by atoms with Crippen LogP contribution in [0, 0.1) is 0 Å². The molecule has 0 radical (unpaired) electrons. The molecule has 7 heteroatoms. The number of nitrogens with one attached hydrogen (secondary N) is 1. The Balaban J connectivity index is 1.93. The highest BCUT2D eigenvalue weighted by Gasteiger charge is 2.31. The fourth-order valence-corrected chi connectivity index (χ4v) is 3.14. The summed E-state index contributed by atoms with van der Waals surface area (Å²) in [6.45, 7) is 1.72. The van der Waals surface area contributed by atoms with Gasteiger partial charge in [-0.1, -0.05) is 0 Å². The largest absolute Gasteiger partial charge is 0.465 e. The maximum absolute atomic E-state index is 12.5. The molecule has 1 aliphatic rings. The van der Waals surface area contributed by atoms with E-state index in [0.717, 1.165) is 6.42 Å². The van der Waals surface area contributed by atoms with Gasteiger partial charge in [0.05, 0.1) is 18.3 Å². The summed E-state index contributed by atoms with van der Waals surface area (Å²) in [5.41, 5.74) is 0.301. The van der Waals surface area contributed by atoms with E-state index in [9.17, 15) is 14.7 Å². The molecule has 1 atom stereocenters. The molecule has 138 valence electrons. The molecule has 1 heterocycles. The number of ether oxygens (including phenoxy) is 1. The highest BCUT2D eigenvalue weighted by atomic mass is 16.5. The first-order valence-electron chi connectivity index (χ1n) is 8.44. The number of hydrogen-bond acceptors (Lipinski definition) is 5. The molecule has 0 spiro atoms. The van der Waals surface area contributed by atoms with Crippen LogP contribution >= 0.6 is 0 Å². The van der Waals surface area contributed by atoms with Gasteiger partial charge >= 0.3 is 12.0 Å². The third-order valence-electron chi connectivity index (χ3n) is 4.37. The molecule has 0 bridgehead atoms. The number of benzene rings is 1. The Labute approximate surface area is 148 Å². The Morgan fingerprint density at radius 3 is 2.52 bits per heavy atom. The number of carbonyl (C=O) groups excluding carboxylic acids is 2. The highest BCUT2D eigenvalue weighted by molar-refractivity contribution is 5.92. The highest BCUT2D eigenvalue weighted by Crippen LogP contribution is 2.23. The van der Waals surface area contributed by atoms with Gasteiger partial charge in [-0.3, -0.25) is 0 Å². The second kappa shape index (κ2) is 8.31. The summed E-state index contributed by atoms with van der Waals surface area (Å²) in [5.74, 6) is -0.412. The number of aliphatic hydroxyl groups is 1. The minimum atomic E-state index is -0.749. The van der Waals surface area contributed by atoms with Gasteiger partial charge in [-0.25, -0.2) is 9.59 Å². The Morgan fingerprint density at radius 2 is 1.92 bits per heavy atom. The van der Waals surface area contributed by atoms with E-state index in [4.69, 9.17) is 0 Å². The van der Waals surface area contributed by atoms with Crippen molar-refractivity contribution in [3.8, 4) is 0 Å². The van der Waals surface area contributed by atoms with Crippen LogP contribution in [0.3, 0.4) is 0 Å². The fourth-order valence-electron chi connectivity index (χ4n) is 3.14. The lowest BCUT2D eigenvalue weighted by molar-refractivity contribution is 0.00360. The van der Waals surface area contributed by atoms with Gasteiger partial charge in [0.25, 0.3) is 0 Å². The SMILES string of the molecule is COC(=O)c1ccc(NC(=O)N2CCCC(O)(CN(C)C)CC2)cc1. The average Bonchev–Trinajstić information content (AvgIpc) is 2.76. The van der Waals surface area contributed by atoms with Crippen LogP contribution in [0.5, 0.6) is 0 Å². The molecule has 0 saturated carbocycles. The summed E-state index contributed by atoms with van der Waals surface area (Å²) in [7, 11) is 5.20. The predicted octanol–water partition coefficient (Wildman–Crippen LogP) is 1.78. The minimum absolute atomic E-state index is 0.195. The van der Waals surface area contributed by atoms with Crippen molar-refractivity contribution in [1.29, 1.82) is 0 Å². The molecule has 0 aliphatic carbocycles. The van der Waals surface area contributed by atoms with Crippen LogP contribution in [-0.2, 0) is 4.74 Å². The first-order valence-corrected chi connectivity index (χ1v) is 8.44. The van der Waals surface area contributed by atoms with Crippen LogP contribution in [0.4, 0.5) is 10.5 Å². The Hall–Kier alpha value is -2.12. The van der Waals surface area contributed by atoms with Crippen molar-refractivity contribution >= 4 is 17.7 Å². The Kier molecular flexibility index (Phi) is 6.39. The summed E-state index contributed by atoms with van der Waals surface area (Å²) in [4.78, 5) is 27.6. The molecule has 1 fully saturated rings. The number of methoxy groups -OCH3 is 1. The normalized spacial score (nSPS) is 20.9. The van der Waals surface area contributed by atoms with Crippen molar-refractivity contribution < 1.29 is 19.4 Å². The van der Waals surface area contributed by atoms with Gasteiger partial charge in [-0.2, -0.15) is 0 Å². The number of anilines is 1. The average molecular weight is 349 g/mol. The van der Waals surface area contributed by atoms with Crippen LogP contribution in [0.1, 0.15) is 29.6 Å². The lowest BCUT2D eigenvalue weighted by atomic mass is 9.94. The molecule has 7 nitrogen and oxygen atoms in total. The first kappa shape index (κ1) is 19.2. The molecule has 25 heavy (non-hydrogen) atoms. The van der Waals surface area contributed by atoms with Gasteiger partial charge in [-0.05, 0) is 57.6 Å². The Morgan fingerprint density at radius 1 is 1.24 bits per heavy atom. The summed E-state index contributed by atoms with van der Waals surface area (Å²) in [6, 6.07) is 6.37. The number of hydrogen-bond donors (Lipinski definition) is 2. The van der Waals surface area contributed by atoms with Gasteiger partial charge in [0.2, 0.25) is 0 Å². The van der Waals surface area contributed by atoms with Gasteiger partial charge in [-0.15, -0.1) is 0 Å². The fraction of sp³-hybridized carbons (Fsp3) is 0.556. The van der Waals surface area contributed by atoms with Crippen LogP contribution in [0.15, 0.2) is 24.3 Å². The second-order valence-corrected chi connectivity index (χ2v) is 6.80. The number of nitrogens with zero attached hydrogens (tertiary/aromatic N) is 2. The molecule has 1 aromatic rings. The summed E-state index contributed by atoms with van der Waals surface area (Å²) in [6.07, 6.45) is 2.00. The predicted molar refractivity (Wildman–Crippen MR) is 95.7 cm³/mol.